The number of nitrogens with zero attached hydrogens (tertiary/aromatic N) is 1. The summed E-state index contributed by atoms with van der Waals surface area (Å²) in [5.41, 5.74) is 1.23. The van der Waals surface area contributed by atoms with Gasteiger partial charge in [-0.3, -0.25) is 14.5 Å². The third kappa shape index (κ3) is 4.37. The maximum atomic E-state index is 13.4. The number of amides is 4. The molecule has 7 nitrogen and oxygen atoms in total. The number of urea groups is 1. The van der Waals surface area contributed by atoms with Crippen LogP contribution in [0.4, 0.5) is 4.79 Å². The van der Waals surface area contributed by atoms with Crippen molar-refractivity contribution in [3.05, 3.63) is 102 Å². The molecule has 4 rings (SSSR count). The number of benzene rings is 3. The molecule has 174 valence electrons. The number of hydrogen-bond acceptors (Lipinski definition) is 4. The van der Waals surface area contributed by atoms with Gasteiger partial charge in [-0.1, -0.05) is 79.7 Å². The highest BCUT2D eigenvalue weighted by Gasteiger charge is 2.51. The van der Waals surface area contributed by atoms with Crippen LogP contribution in [0.25, 0.3) is 0 Å². The second kappa shape index (κ2) is 9.79. The standard InChI is InChI=1S/C27H27N3O4/c1-3-27(21-14-16-22(34-2)17-15-21)25(32)30(26(33)29-27)18-23(31)28-24(19-10-6-4-7-11-19)20-12-8-5-9-13-20/h4-17,24H,3,18H2,1-2H3,(H,28,31)(H,29,33)/t27-/m0/s1. The van der Waals surface area contributed by atoms with E-state index in [9.17, 15) is 14.4 Å². The second-order valence-corrected chi connectivity index (χ2v) is 8.13. The van der Waals surface area contributed by atoms with Crippen molar-refractivity contribution in [2.24, 2.45) is 0 Å². The lowest BCUT2D eigenvalue weighted by Crippen LogP contribution is -2.45. The smallest absolute Gasteiger partial charge is 0.325 e. The van der Waals surface area contributed by atoms with Crippen LogP contribution in [0, 0.1) is 0 Å². The lowest BCUT2D eigenvalue weighted by Gasteiger charge is -2.26. The summed E-state index contributed by atoms with van der Waals surface area (Å²) in [7, 11) is 1.56. The first-order valence-corrected chi connectivity index (χ1v) is 11.2. The number of methoxy groups -OCH3 is 1. The fraction of sp³-hybridized carbons (Fsp3) is 0.222. The fourth-order valence-corrected chi connectivity index (χ4v) is 4.28. The highest BCUT2D eigenvalue weighted by Crippen LogP contribution is 2.33. The normalized spacial score (nSPS) is 17.6. The van der Waals surface area contributed by atoms with E-state index in [1.807, 2.05) is 67.6 Å². The van der Waals surface area contributed by atoms with E-state index >= 15 is 0 Å². The van der Waals surface area contributed by atoms with E-state index in [1.54, 1.807) is 31.4 Å². The number of carbonyl (C=O) groups excluding carboxylic acids is 3. The molecule has 1 atom stereocenters. The lowest BCUT2D eigenvalue weighted by molar-refractivity contribution is -0.135. The Balaban J connectivity index is 1.55. The summed E-state index contributed by atoms with van der Waals surface area (Å²) in [6.07, 6.45) is 0.346. The van der Waals surface area contributed by atoms with E-state index in [0.717, 1.165) is 16.0 Å². The minimum Gasteiger partial charge on any atom is -0.497 e. The van der Waals surface area contributed by atoms with Crippen molar-refractivity contribution in [2.45, 2.75) is 24.9 Å². The van der Waals surface area contributed by atoms with E-state index < -0.39 is 29.4 Å². The van der Waals surface area contributed by atoms with Gasteiger partial charge < -0.3 is 15.4 Å². The van der Waals surface area contributed by atoms with Crippen LogP contribution in [-0.2, 0) is 15.1 Å². The maximum absolute atomic E-state index is 13.4. The Bertz CT molecular complexity index is 1130. The number of imide groups is 1. The van der Waals surface area contributed by atoms with Crippen molar-refractivity contribution >= 4 is 17.8 Å². The highest BCUT2D eigenvalue weighted by atomic mass is 16.5. The molecular weight excluding hydrogens is 430 g/mol. The van der Waals surface area contributed by atoms with Crippen molar-refractivity contribution in [3.8, 4) is 5.75 Å². The Morgan fingerprint density at radius 1 is 0.941 bits per heavy atom. The monoisotopic (exact) mass is 457 g/mol. The zero-order chi connectivity index (χ0) is 24.1. The number of rotatable bonds is 8. The van der Waals surface area contributed by atoms with Crippen molar-refractivity contribution in [1.82, 2.24) is 15.5 Å². The first kappa shape index (κ1) is 23.0. The van der Waals surface area contributed by atoms with Gasteiger partial charge in [0.1, 0.15) is 17.8 Å². The summed E-state index contributed by atoms with van der Waals surface area (Å²) in [4.78, 5) is 40.3. The van der Waals surface area contributed by atoms with Gasteiger partial charge in [0.25, 0.3) is 5.91 Å². The molecule has 0 radical (unpaired) electrons. The molecular formula is C27H27N3O4. The Kier molecular flexibility index (Phi) is 6.63. The summed E-state index contributed by atoms with van der Waals surface area (Å²) in [5.74, 6) is -0.227. The molecule has 0 aliphatic carbocycles. The Labute approximate surface area is 198 Å². The van der Waals surface area contributed by atoms with E-state index in [2.05, 4.69) is 10.6 Å². The molecule has 3 aromatic carbocycles. The van der Waals surface area contributed by atoms with Gasteiger partial charge in [0.05, 0.1) is 13.2 Å². The molecule has 0 saturated carbocycles. The molecule has 2 N–H and O–H groups in total. The SMILES string of the molecule is CC[C@@]1(c2ccc(OC)cc2)NC(=O)N(CC(=O)NC(c2ccccc2)c2ccccc2)C1=O. The predicted molar refractivity (Wildman–Crippen MR) is 128 cm³/mol. The first-order chi connectivity index (χ1) is 16.5. The predicted octanol–water partition coefficient (Wildman–Crippen LogP) is 3.76. The van der Waals surface area contributed by atoms with E-state index in [1.165, 1.54) is 0 Å². The zero-order valence-corrected chi connectivity index (χ0v) is 19.2. The number of nitrogens with one attached hydrogen (secondary N) is 2. The largest absolute Gasteiger partial charge is 0.497 e. The highest BCUT2D eigenvalue weighted by molar-refractivity contribution is 6.09. The van der Waals surface area contributed by atoms with Gasteiger partial charge in [0.2, 0.25) is 5.91 Å². The van der Waals surface area contributed by atoms with Crippen molar-refractivity contribution in [2.75, 3.05) is 13.7 Å². The van der Waals surface area contributed by atoms with Gasteiger partial charge in [-0.25, -0.2) is 4.79 Å². The zero-order valence-electron chi connectivity index (χ0n) is 19.2. The average Bonchev–Trinajstić information content (AvgIpc) is 3.13. The van der Waals surface area contributed by atoms with Crippen molar-refractivity contribution in [3.63, 3.8) is 0 Å². The molecule has 7 heteroatoms. The number of ether oxygens (including phenoxy) is 1. The molecule has 3 aromatic rings. The molecule has 1 aliphatic rings. The maximum Gasteiger partial charge on any atom is 0.325 e. The van der Waals surface area contributed by atoms with Crippen LogP contribution in [0.3, 0.4) is 0 Å². The molecule has 4 amide bonds. The van der Waals surface area contributed by atoms with Crippen molar-refractivity contribution < 1.29 is 19.1 Å². The molecule has 1 saturated heterocycles. The quantitative estimate of drug-likeness (QED) is 0.504. The summed E-state index contributed by atoms with van der Waals surface area (Å²) in [6.45, 7) is 1.45. The van der Waals surface area contributed by atoms with Crippen LogP contribution in [0.2, 0.25) is 0 Å². The molecule has 0 bridgehead atoms. The number of carbonyl (C=O) groups is 3. The third-order valence-corrected chi connectivity index (χ3v) is 6.16. The van der Waals surface area contributed by atoms with Crippen LogP contribution in [0.15, 0.2) is 84.9 Å². The topological polar surface area (TPSA) is 87.7 Å². The Hall–Kier alpha value is -4.13. The van der Waals surface area contributed by atoms with E-state index in [0.29, 0.717) is 17.7 Å². The van der Waals surface area contributed by atoms with Gasteiger partial charge in [0.15, 0.2) is 0 Å². The molecule has 1 aliphatic heterocycles. The van der Waals surface area contributed by atoms with E-state index in [4.69, 9.17) is 4.74 Å². The summed E-state index contributed by atoms with van der Waals surface area (Å²) < 4.78 is 5.19. The molecule has 0 unspecified atom stereocenters. The van der Waals surface area contributed by atoms with Crippen LogP contribution in [0.5, 0.6) is 5.75 Å². The minimum absolute atomic E-state index is 0.346. The van der Waals surface area contributed by atoms with Gasteiger partial charge >= 0.3 is 6.03 Å². The van der Waals surface area contributed by atoms with Crippen LogP contribution in [0.1, 0.15) is 36.1 Å². The van der Waals surface area contributed by atoms with E-state index in [-0.39, 0.29) is 6.54 Å². The number of hydrogen-bond donors (Lipinski definition) is 2. The van der Waals surface area contributed by atoms with Gasteiger partial charge in [-0.15, -0.1) is 0 Å². The Morgan fingerprint density at radius 3 is 2.00 bits per heavy atom. The van der Waals surface area contributed by atoms with Gasteiger partial charge in [-0.2, -0.15) is 0 Å². The minimum atomic E-state index is -1.22. The third-order valence-electron chi connectivity index (χ3n) is 6.16. The van der Waals surface area contributed by atoms with Gasteiger partial charge in [0, 0.05) is 0 Å². The van der Waals surface area contributed by atoms with Crippen LogP contribution in [-0.4, -0.2) is 36.4 Å². The molecule has 1 heterocycles. The van der Waals surface area contributed by atoms with Gasteiger partial charge in [-0.05, 0) is 35.2 Å². The van der Waals surface area contributed by atoms with Crippen molar-refractivity contribution in [1.29, 1.82) is 0 Å². The Morgan fingerprint density at radius 2 is 1.50 bits per heavy atom. The summed E-state index contributed by atoms with van der Waals surface area (Å²) >= 11 is 0. The molecule has 1 fully saturated rings. The molecule has 0 spiro atoms. The fourth-order valence-electron chi connectivity index (χ4n) is 4.28. The first-order valence-electron chi connectivity index (χ1n) is 11.2. The van der Waals surface area contributed by atoms with Crippen LogP contribution >= 0.6 is 0 Å². The second-order valence-electron chi connectivity index (χ2n) is 8.13. The lowest BCUT2D eigenvalue weighted by atomic mass is 9.87. The average molecular weight is 458 g/mol. The summed E-state index contributed by atoms with van der Waals surface area (Å²) in [5, 5.41) is 5.80. The molecule has 34 heavy (non-hydrogen) atoms. The molecule has 0 aromatic heterocycles. The summed E-state index contributed by atoms with van der Waals surface area (Å²) in [6, 6.07) is 25.1. The van der Waals surface area contributed by atoms with Crippen LogP contribution < -0.4 is 15.4 Å².